The predicted octanol–water partition coefficient (Wildman–Crippen LogP) is 2.62. The number of hydrogen-bond donors (Lipinski definition) is 2. The van der Waals surface area contributed by atoms with E-state index in [9.17, 15) is 4.79 Å². The van der Waals surface area contributed by atoms with Gasteiger partial charge in [-0.1, -0.05) is 30.3 Å². The summed E-state index contributed by atoms with van der Waals surface area (Å²) in [4.78, 5) is 11.9. The number of aromatic nitrogens is 2. The topological polar surface area (TPSA) is 66.9 Å². The molecule has 1 fully saturated rings. The number of hydrogen-bond acceptors (Lipinski definition) is 4. The lowest BCUT2D eigenvalue weighted by Gasteiger charge is -2.06. The summed E-state index contributed by atoms with van der Waals surface area (Å²) < 4.78 is 0. The van der Waals surface area contributed by atoms with Crippen molar-refractivity contribution in [2.75, 3.05) is 10.6 Å². The molecule has 1 aromatic heterocycles. The van der Waals surface area contributed by atoms with Gasteiger partial charge in [-0.05, 0) is 37.0 Å². The predicted molar refractivity (Wildman–Crippen MR) is 82.1 cm³/mol. The number of nitrogens with zero attached hydrogens (tertiary/aromatic N) is 2. The molecule has 1 aromatic carbocycles. The molecule has 0 bridgehead atoms. The lowest BCUT2D eigenvalue weighted by atomic mass is 10.1. The van der Waals surface area contributed by atoms with E-state index in [1.165, 1.54) is 12.8 Å². The average molecular weight is 282 g/mol. The first-order valence-electron chi connectivity index (χ1n) is 7.23. The lowest BCUT2D eigenvalue weighted by Crippen LogP contribution is -2.14. The standard InChI is InChI=1S/C16H18N4O/c21-16(11-6-12-4-2-1-3-5-12)18-15-10-9-14(19-20-15)17-13-7-8-13/h1-5,9-10,13H,6-8,11H2,(H,17,19)(H,18,20,21). The second-order valence-electron chi connectivity index (χ2n) is 5.26. The van der Waals surface area contributed by atoms with Gasteiger partial charge < -0.3 is 10.6 Å². The van der Waals surface area contributed by atoms with Gasteiger partial charge in [0.25, 0.3) is 0 Å². The van der Waals surface area contributed by atoms with Crippen LogP contribution in [0, 0.1) is 0 Å². The summed E-state index contributed by atoms with van der Waals surface area (Å²) in [5, 5.41) is 14.1. The second kappa shape index (κ2) is 6.35. The highest BCUT2D eigenvalue weighted by Gasteiger charge is 2.21. The number of benzene rings is 1. The Balaban J connectivity index is 1.47. The minimum Gasteiger partial charge on any atom is -0.366 e. The van der Waals surface area contributed by atoms with Gasteiger partial charge in [-0.3, -0.25) is 4.79 Å². The minimum absolute atomic E-state index is 0.0453. The monoisotopic (exact) mass is 282 g/mol. The van der Waals surface area contributed by atoms with Crippen molar-refractivity contribution in [2.45, 2.75) is 31.7 Å². The molecule has 0 radical (unpaired) electrons. The molecule has 1 amide bonds. The Morgan fingerprint density at radius 2 is 1.76 bits per heavy atom. The molecule has 5 nitrogen and oxygen atoms in total. The van der Waals surface area contributed by atoms with Crippen LogP contribution in [0.2, 0.25) is 0 Å². The molecule has 0 unspecified atom stereocenters. The molecule has 21 heavy (non-hydrogen) atoms. The number of rotatable bonds is 6. The van der Waals surface area contributed by atoms with E-state index in [2.05, 4.69) is 20.8 Å². The molecular formula is C16H18N4O. The van der Waals surface area contributed by atoms with Crippen molar-refractivity contribution in [3.05, 3.63) is 48.0 Å². The first kappa shape index (κ1) is 13.5. The fraction of sp³-hybridized carbons (Fsp3) is 0.312. The smallest absolute Gasteiger partial charge is 0.225 e. The zero-order valence-electron chi connectivity index (χ0n) is 11.7. The van der Waals surface area contributed by atoms with Gasteiger partial charge >= 0.3 is 0 Å². The SMILES string of the molecule is O=C(CCc1ccccc1)Nc1ccc(NC2CC2)nn1. The van der Waals surface area contributed by atoms with Crippen LogP contribution in [0.25, 0.3) is 0 Å². The highest BCUT2D eigenvalue weighted by atomic mass is 16.1. The van der Waals surface area contributed by atoms with Crippen LogP contribution in [-0.2, 0) is 11.2 Å². The van der Waals surface area contributed by atoms with Crippen LogP contribution in [0.5, 0.6) is 0 Å². The van der Waals surface area contributed by atoms with E-state index in [1.807, 2.05) is 36.4 Å². The summed E-state index contributed by atoms with van der Waals surface area (Å²) in [5.74, 6) is 1.21. The van der Waals surface area contributed by atoms with Gasteiger partial charge in [0.1, 0.15) is 5.82 Å². The van der Waals surface area contributed by atoms with Crippen LogP contribution in [0.3, 0.4) is 0 Å². The quantitative estimate of drug-likeness (QED) is 0.854. The maximum absolute atomic E-state index is 11.9. The highest BCUT2D eigenvalue weighted by Crippen LogP contribution is 2.23. The summed E-state index contributed by atoms with van der Waals surface area (Å²) in [6, 6.07) is 14.1. The molecule has 0 saturated heterocycles. The molecule has 1 aliphatic rings. The fourth-order valence-electron chi connectivity index (χ4n) is 2.02. The summed E-state index contributed by atoms with van der Waals surface area (Å²) in [6.45, 7) is 0. The van der Waals surface area contributed by atoms with E-state index in [4.69, 9.17) is 0 Å². The zero-order chi connectivity index (χ0) is 14.5. The maximum Gasteiger partial charge on any atom is 0.225 e. The molecule has 2 aromatic rings. The molecule has 3 rings (SSSR count). The van der Waals surface area contributed by atoms with E-state index < -0.39 is 0 Å². The summed E-state index contributed by atoms with van der Waals surface area (Å²) in [5.41, 5.74) is 1.16. The van der Waals surface area contributed by atoms with Crippen LogP contribution >= 0.6 is 0 Å². The third kappa shape index (κ3) is 4.27. The molecule has 1 heterocycles. The van der Waals surface area contributed by atoms with Crippen LogP contribution in [-0.4, -0.2) is 22.1 Å². The van der Waals surface area contributed by atoms with Crippen molar-refractivity contribution in [3.63, 3.8) is 0 Å². The van der Waals surface area contributed by atoms with Gasteiger partial charge in [0.05, 0.1) is 0 Å². The van der Waals surface area contributed by atoms with Gasteiger partial charge in [0.2, 0.25) is 5.91 Å². The third-order valence-corrected chi connectivity index (χ3v) is 3.34. The molecule has 108 valence electrons. The normalized spacial score (nSPS) is 13.7. The van der Waals surface area contributed by atoms with Crippen molar-refractivity contribution in [3.8, 4) is 0 Å². The van der Waals surface area contributed by atoms with E-state index in [-0.39, 0.29) is 5.91 Å². The van der Waals surface area contributed by atoms with E-state index in [1.54, 1.807) is 6.07 Å². The Morgan fingerprint density at radius 3 is 2.43 bits per heavy atom. The van der Waals surface area contributed by atoms with E-state index in [0.717, 1.165) is 17.8 Å². The Labute approximate surface area is 123 Å². The maximum atomic E-state index is 11.9. The van der Waals surface area contributed by atoms with Crippen molar-refractivity contribution in [2.24, 2.45) is 0 Å². The summed E-state index contributed by atoms with van der Waals surface area (Å²) >= 11 is 0. The van der Waals surface area contributed by atoms with Gasteiger partial charge in [-0.25, -0.2) is 0 Å². The molecule has 0 aliphatic heterocycles. The van der Waals surface area contributed by atoms with Crippen molar-refractivity contribution in [1.29, 1.82) is 0 Å². The van der Waals surface area contributed by atoms with E-state index >= 15 is 0 Å². The third-order valence-electron chi connectivity index (χ3n) is 3.34. The summed E-state index contributed by atoms with van der Waals surface area (Å²) in [6.07, 6.45) is 3.55. The second-order valence-corrected chi connectivity index (χ2v) is 5.26. The zero-order valence-corrected chi connectivity index (χ0v) is 11.7. The van der Waals surface area contributed by atoms with Gasteiger partial charge in [-0.15, -0.1) is 10.2 Å². The summed E-state index contributed by atoms with van der Waals surface area (Å²) in [7, 11) is 0. The molecular weight excluding hydrogens is 264 g/mol. The Morgan fingerprint density at radius 1 is 1.05 bits per heavy atom. The first-order valence-corrected chi connectivity index (χ1v) is 7.23. The highest BCUT2D eigenvalue weighted by molar-refractivity contribution is 5.89. The molecule has 0 spiro atoms. The first-order chi connectivity index (χ1) is 10.3. The Hall–Kier alpha value is -2.43. The number of nitrogens with one attached hydrogen (secondary N) is 2. The number of carbonyl (C=O) groups is 1. The average Bonchev–Trinajstić information content (AvgIpc) is 3.32. The molecule has 1 aliphatic carbocycles. The Bertz CT molecular complexity index is 593. The molecule has 1 saturated carbocycles. The van der Waals surface area contributed by atoms with E-state index in [0.29, 0.717) is 18.3 Å². The van der Waals surface area contributed by atoms with Gasteiger partial charge in [0, 0.05) is 12.5 Å². The number of anilines is 2. The largest absolute Gasteiger partial charge is 0.366 e. The van der Waals surface area contributed by atoms with Crippen LogP contribution in [0.4, 0.5) is 11.6 Å². The van der Waals surface area contributed by atoms with Crippen molar-refractivity contribution < 1.29 is 4.79 Å². The van der Waals surface area contributed by atoms with Crippen molar-refractivity contribution in [1.82, 2.24) is 10.2 Å². The Kier molecular flexibility index (Phi) is 4.09. The van der Waals surface area contributed by atoms with Gasteiger partial charge in [-0.2, -0.15) is 0 Å². The van der Waals surface area contributed by atoms with Crippen LogP contribution in [0.1, 0.15) is 24.8 Å². The lowest BCUT2D eigenvalue weighted by molar-refractivity contribution is -0.116. The van der Waals surface area contributed by atoms with Gasteiger partial charge in [0.15, 0.2) is 5.82 Å². The van der Waals surface area contributed by atoms with Crippen molar-refractivity contribution >= 4 is 17.5 Å². The number of aryl methyl sites for hydroxylation is 1. The molecule has 2 N–H and O–H groups in total. The van der Waals surface area contributed by atoms with Crippen LogP contribution < -0.4 is 10.6 Å². The fourth-order valence-corrected chi connectivity index (χ4v) is 2.02. The number of amides is 1. The molecule has 0 atom stereocenters. The van der Waals surface area contributed by atoms with Crippen LogP contribution in [0.15, 0.2) is 42.5 Å². The molecule has 5 heteroatoms. The number of carbonyl (C=O) groups excluding carboxylic acids is 1. The minimum atomic E-state index is -0.0453.